The second kappa shape index (κ2) is 16.5. The minimum absolute atomic E-state index is 0.0648. The van der Waals surface area contributed by atoms with Crippen LogP contribution in [0.5, 0.6) is 5.75 Å². The number of morpholine rings is 1. The van der Waals surface area contributed by atoms with Gasteiger partial charge < -0.3 is 40.1 Å². The maximum Gasteiger partial charge on any atom is 0.260 e. The van der Waals surface area contributed by atoms with Gasteiger partial charge in [-0.1, -0.05) is 36.4 Å². The number of amides is 4. The fourth-order valence-electron chi connectivity index (χ4n) is 6.02. The summed E-state index contributed by atoms with van der Waals surface area (Å²) in [6.45, 7) is 5.28. The molecule has 0 unspecified atom stereocenters. The number of piperidine rings is 1. The van der Waals surface area contributed by atoms with E-state index < -0.39 is 6.04 Å². The molecule has 4 amide bonds. The van der Waals surface area contributed by atoms with Gasteiger partial charge in [-0.05, 0) is 61.8 Å². The van der Waals surface area contributed by atoms with Crippen LogP contribution in [0.15, 0.2) is 48.5 Å². The Bertz CT molecular complexity index is 1340. The first-order chi connectivity index (χ1) is 22.3. The minimum atomic E-state index is -0.844. The van der Waals surface area contributed by atoms with Crippen molar-refractivity contribution in [2.24, 2.45) is 0 Å². The third-order valence-electron chi connectivity index (χ3n) is 8.87. The van der Waals surface area contributed by atoms with Gasteiger partial charge in [-0.25, -0.2) is 0 Å². The van der Waals surface area contributed by atoms with Gasteiger partial charge in [0.15, 0.2) is 6.61 Å². The van der Waals surface area contributed by atoms with Crippen molar-refractivity contribution in [1.29, 1.82) is 0 Å². The van der Waals surface area contributed by atoms with E-state index in [-0.39, 0.29) is 56.2 Å². The molecule has 2 saturated heterocycles. The summed E-state index contributed by atoms with van der Waals surface area (Å²) in [6, 6.07) is 14.3. The summed E-state index contributed by atoms with van der Waals surface area (Å²) in [5, 5.41) is 9.40. The van der Waals surface area contributed by atoms with E-state index >= 15 is 0 Å². The second-order valence-electron chi connectivity index (χ2n) is 12.3. The fourth-order valence-corrected chi connectivity index (χ4v) is 6.02. The van der Waals surface area contributed by atoms with Crippen LogP contribution in [0.1, 0.15) is 29.5 Å². The van der Waals surface area contributed by atoms with Gasteiger partial charge in [0.25, 0.3) is 5.91 Å². The topological polar surface area (TPSA) is 133 Å². The van der Waals surface area contributed by atoms with Gasteiger partial charge in [0.1, 0.15) is 11.8 Å². The summed E-state index contributed by atoms with van der Waals surface area (Å²) < 4.78 is 11.0. The molecular formula is C34H46N6O6. The molecule has 3 heterocycles. The van der Waals surface area contributed by atoms with Crippen LogP contribution in [0.4, 0.5) is 0 Å². The van der Waals surface area contributed by atoms with E-state index in [1.165, 1.54) is 0 Å². The quantitative estimate of drug-likeness (QED) is 0.360. The predicted molar refractivity (Wildman–Crippen MR) is 172 cm³/mol. The molecule has 2 fully saturated rings. The third kappa shape index (κ3) is 9.75. The Balaban J connectivity index is 1.22. The SMILES string of the molecule is CN1CCC(NCCN2CC(=O)N[C@@H](Cc3ccc(OCC(=O)N4CCOCC4)cc3)C(=O)NCc3ccccc3CC2=O)CC1. The highest BCUT2D eigenvalue weighted by Gasteiger charge is 2.26. The number of carbonyl (C=O) groups excluding carboxylic acids is 4. The van der Waals surface area contributed by atoms with Crippen LogP contribution in [0.25, 0.3) is 0 Å². The van der Waals surface area contributed by atoms with Crippen LogP contribution < -0.4 is 20.7 Å². The molecule has 0 radical (unpaired) electrons. The molecule has 1 atom stereocenters. The number of hydrogen-bond acceptors (Lipinski definition) is 8. The number of hydrogen-bond donors (Lipinski definition) is 3. The summed E-state index contributed by atoms with van der Waals surface area (Å²) in [5.41, 5.74) is 2.52. The molecule has 0 aromatic heterocycles. The second-order valence-corrected chi connectivity index (χ2v) is 12.3. The Kier molecular flexibility index (Phi) is 12.0. The average Bonchev–Trinajstić information content (AvgIpc) is 3.07. The summed E-state index contributed by atoms with van der Waals surface area (Å²) in [6.07, 6.45) is 2.50. The van der Waals surface area contributed by atoms with E-state index in [4.69, 9.17) is 9.47 Å². The Morgan fingerprint density at radius 3 is 2.43 bits per heavy atom. The lowest BCUT2D eigenvalue weighted by Crippen LogP contribution is -2.52. The van der Waals surface area contributed by atoms with Crippen LogP contribution in [0.3, 0.4) is 0 Å². The molecule has 3 N–H and O–H groups in total. The summed E-state index contributed by atoms with van der Waals surface area (Å²) in [5.74, 6) is -0.368. The number of likely N-dealkylation sites (tertiary alicyclic amines) is 1. The first kappa shape index (κ1) is 33.4. The number of carbonyl (C=O) groups is 4. The fraction of sp³-hybridized carbons (Fsp3) is 0.529. The molecule has 3 aliphatic heterocycles. The molecule has 2 aromatic carbocycles. The number of fused-ring (bicyclic) bond motifs is 1. The molecular weight excluding hydrogens is 588 g/mol. The van der Waals surface area contributed by atoms with Crippen molar-refractivity contribution in [3.63, 3.8) is 0 Å². The smallest absolute Gasteiger partial charge is 0.260 e. The van der Waals surface area contributed by atoms with E-state index in [1.54, 1.807) is 21.9 Å². The number of ether oxygens (including phenoxy) is 2. The van der Waals surface area contributed by atoms with Crippen LogP contribution >= 0.6 is 0 Å². The normalized spacial score (nSPS) is 20.6. The highest BCUT2D eigenvalue weighted by molar-refractivity contribution is 5.91. The van der Waals surface area contributed by atoms with E-state index in [1.807, 2.05) is 36.4 Å². The summed E-state index contributed by atoms with van der Waals surface area (Å²) >= 11 is 0. The molecule has 5 rings (SSSR count). The minimum Gasteiger partial charge on any atom is -0.484 e. The van der Waals surface area contributed by atoms with Crippen molar-refractivity contribution < 1.29 is 28.7 Å². The van der Waals surface area contributed by atoms with Gasteiger partial charge in [-0.15, -0.1) is 0 Å². The molecule has 12 nitrogen and oxygen atoms in total. The summed E-state index contributed by atoms with van der Waals surface area (Å²) in [4.78, 5) is 58.3. The van der Waals surface area contributed by atoms with E-state index in [0.29, 0.717) is 51.2 Å². The van der Waals surface area contributed by atoms with Gasteiger partial charge in [0, 0.05) is 45.2 Å². The number of benzene rings is 2. The first-order valence-corrected chi connectivity index (χ1v) is 16.2. The zero-order chi connectivity index (χ0) is 32.3. The van der Waals surface area contributed by atoms with Crippen molar-refractivity contribution in [3.8, 4) is 5.75 Å². The summed E-state index contributed by atoms with van der Waals surface area (Å²) in [7, 11) is 2.12. The number of nitrogens with one attached hydrogen (secondary N) is 3. The van der Waals surface area contributed by atoms with E-state index in [0.717, 1.165) is 42.6 Å². The van der Waals surface area contributed by atoms with Gasteiger partial charge in [0.05, 0.1) is 26.2 Å². The van der Waals surface area contributed by atoms with Crippen molar-refractivity contribution in [2.75, 3.05) is 72.7 Å². The molecule has 2 aromatic rings. The average molecular weight is 635 g/mol. The molecule has 0 aliphatic carbocycles. The number of nitrogens with zero attached hydrogens (tertiary/aromatic N) is 3. The Hall–Kier alpha value is -4.00. The molecule has 0 bridgehead atoms. The Labute approximate surface area is 270 Å². The first-order valence-electron chi connectivity index (χ1n) is 16.2. The van der Waals surface area contributed by atoms with E-state index in [9.17, 15) is 19.2 Å². The molecule has 3 aliphatic rings. The molecule has 12 heteroatoms. The van der Waals surface area contributed by atoms with Gasteiger partial charge >= 0.3 is 0 Å². The molecule has 46 heavy (non-hydrogen) atoms. The predicted octanol–water partition coefficient (Wildman–Crippen LogP) is 0.336. The standard InChI is InChI=1S/C34H46N6O6/c1-38-13-10-28(11-14-38)35-12-15-40-23-31(41)37-30(34(44)36-22-27-5-3-2-4-26(27)21-32(40)42)20-25-6-8-29(9-7-25)46-24-33(43)39-16-18-45-19-17-39/h2-9,28,30,35H,10-24H2,1H3,(H,36,44)(H,37,41)/t30-/m0/s1. The van der Waals surface area contributed by atoms with Gasteiger partial charge in [-0.3, -0.25) is 19.2 Å². The lowest BCUT2D eigenvalue weighted by Gasteiger charge is -2.31. The molecule has 0 saturated carbocycles. The van der Waals surface area contributed by atoms with Gasteiger partial charge in [0.2, 0.25) is 17.7 Å². The lowest BCUT2D eigenvalue weighted by molar-refractivity contribution is -0.137. The zero-order valence-corrected chi connectivity index (χ0v) is 26.7. The van der Waals surface area contributed by atoms with Gasteiger partial charge in [-0.2, -0.15) is 0 Å². The zero-order valence-electron chi connectivity index (χ0n) is 26.7. The van der Waals surface area contributed by atoms with Crippen LogP contribution in [0.2, 0.25) is 0 Å². The number of rotatable bonds is 9. The van der Waals surface area contributed by atoms with Crippen LogP contribution in [-0.2, 0) is 43.3 Å². The van der Waals surface area contributed by atoms with Crippen molar-refractivity contribution in [2.45, 2.75) is 44.3 Å². The van der Waals surface area contributed by atoms with Crippen molar-refractivity contribution >= 4 is 23.6 Å². The lowest BCUT2D eigenvalue weighted by atomic mass is 10.0. The molecule has 248 valence electrons. The Morgan fingerprint density at radius 1 is 0.978 bits per heavy atom. The van der Waals surface area contributed by atoms with Crippen molar-refractivity contribution in [1.82, 2.24) is 30.7 Å². The molecule has 0 spiro atoms. The largest absolute Gasteiger partial charge is 0.484 e. The van der Waals surface area contributed by atoms with Crippen LogP contribution in [0, 0.1) is 0 Å². The maximum absolute atomic E-state index is 13.5. The van der Waals surface area contributed by atoms with Crippen molar-refractivity contribution in [3.05, 3.63) is 65.2 Å². The Morgan fingerprint density at radius 2 is 1.70 bits per heavy atom. The monoisotopic (exact) mass is 634 g/mol. The van der Waals surface area contributed by atoms with E-state index in [2.05, 4.69) is 27.9 Å². The maximum atomic E-state index is 13.5. The van der Waals surface area contributed by atoms with Crippen LogP contribution in [-0.4, -0.2) is 123 Å². The highest BCUT2D eigenvalue weighted by atomic mass is 16.5. The third-order valence-corrected chi connectivity index (χ3v) is 8.87. The highest BCUT2D eigenvalue weighted by Crippen LogP contribution is 2.16.